The summed E-state index contributed by atoms with van der Waals surface area (Å²) in [6.45, 7) is 4.65. The first-order valence-corrected chi connectivity index (χ1v) is 7.78. The zero-order valence-corrected chi connectivity index (χ0v) is 13.2. The number of carbonyl (C=O) groups is 2. The van der Waals surface area contributed by atoms with Crippen LogP contribution in [0.1, 0.15) is 33.1 Å². The van der Waals surface area contributed by atoms with Gasteiger partial charge in [-0.15, -0.1) is 0 Å². The molecule has 1 aromatic carbocycles. The summed E-state index contributed by atoms with van der Waals surface area (Å²) in [4.78, 5) is 26.2. The van der Waals surface area contributed by atoms with E-state index in [0.717, 1.165) is 12.8 Å². The van der Waals surface area contributed by atoms with Gasteiger partial charge in [-0.2, -0.15) is 0 Å². The Balaban J connectivity index is 2.00. The van der Waals surface area contributed by atoms with Crippen LogP contribution in [-0.4, -0.2) is 29.3 Å². The molecule has 1 saturated heterocycles. The maximum atomic E-state index is 12.3. The normalized spacial score (nSPS) is 18.4. The Kier molecular flexibility index (Phi) is 5.23. The number of likely N-dealkylation sites (tertiary alicyclic amines) is 1. The molecule has 0 aromatic heterocycles. The SMILES string of the molecule is CCC(CC)N1CC(C(=O)Nc2cccc(Cl)c2)CC1=O. The van der Waals surface area contributed by atoms with Crippen LogP contribution in [0.3, 0.4) is 0 Å². The number of anilines is 1. The summed E-state index contributed by atoms with van der Waals surface area (Å²) in [5.41, 5.74) is 0.668. The van der Waals surface area contributed by atoms with Crippen LogP contribution in [0.2, 0.25) is 5.02 Å². The lowest BCUT2D eigenvalue weighted by molar-refractivity contribution is -0.130. The van der Waals surface area contributed by atoms with Crippen molar-refractivity contribution in [3.63, 3.8) is 0 Å². The van der Waals surface area contributed by atoms with Gasteiger partial charge in [0.15, 0.2) is 0 Å². The quantitative estimate of drug-likeness (QED) is 0.907. The Bertz CT molecular complexity index is 529. The Labute approximate surface area is 130 Å². The fraction of sp³-hybridized carbons (Fsp3) is 0.500. The molecule has 114 valence electrons. The van der Waals surface area contributed by atoms with Crippen LogP contribution < -0.4 is 5.32 Å². The number of rotatable bonds is 5. The summed E-state index contributed by atoms with van der Waals surface area (Å²) < 4.78 is 0. The van der Waals surface area contributed by atoms with Crippen molar-refractivity contribution in [3.05, 3.63) is 29.3 Å². The Hall–Kier alpha value is -1.55. The molecular weight excluding hydrogens is 288 g/mol. The van der Waals surface area contributed by atoms with Crippen molar-refractivity contribution in [2.45, 2.75) is 39.2 Å². The van der Waals surface area contributed by atoms with Crippen molar-refractivity contribution in [2.75, 3.05) is 11.9 Å². The van der Waals surface area contributed by atoms with E-state index in [9.17, 15) is 9.59 Å². The molecule has 0 aliphatic carbocycles. The van der Waals surface area contributed by atoms with E-state index < -0.39 is 0 Å². The highest BCUT2D eigenvalue weighted by Gasteiger charge is 2.36. The Morgan fingerprint density at radius 2 is 2.14 bits per heavy atom. The summed E-state index contributed by atoms with van der Waals surface area (Å²) >= 11 is 5.90. The number of hydrogen-bond acceptors (Lipinski definition) is 2. The van der Waals surface area contributed by atoms with E-state index in [1.165, 1.54) is 0 Å². The Morgan fingerprint density at radius 3 is 2.76 bits per heavy atom. The smallest absolute Gasteiger partial charge is 0.229 e. The zero-order valence-electron chi connectivity index (χ0n) is 12.4. The minimum Gasteiger partial charge on any atom is -0.339 e. The van der Waals surface area contributed by atoms with Gasteiger partial charge in [0.05, 0.1) is 5.92 Å². The van der Waals surface area contributed by atoms with Crippen LogP contribution in [-0.2, 0) is 9.59 Å². The lowest BCUT2D eigenvalue weighted by Gasteiger charge is -2.26. The second kappa shape index (κ2) is 6.94. The van der Waals surface area contributed by atoms with Gasteiger partial charge in [-0.05, 0) is 31.0 Å². The van der Waals surface area contributed by atoms with Gasteiger partial charge < -0.3 is 10.2 Å². The lowest BCUT2D eigenvalue weighted by Crippen LogP contribution is -2.36. The number of hydrogen-bond donors (Lipinski definition) is 1. The monoisotopic (exact) mass is 308 g/mol. The van der Waals surface area contributed by atoms with E-state index in [1.54, 1.807) is 24.3 Å². The highest BCUT2D eigenvalue weighted by molar-refractivity contribution is 6.30. The maximum absolute atomic E-state index is 12.3. The molecule has 0 saturated carbocycles. The van der Waals surface area contributed by atoms with E-state index in [0.29, 0.717) is 23.7 Å². The summed E-state index contributed by atoms with van der Waals surface area (Å²) in [5, 5.41) is 3.42. The molecule has 1 heterocycles. The van der Waals surface area contributed by atoms with Crippen molar-refractivity contribution in [3.8, 4) is 0 Å². The van der Waals surface area contributed by atoms with Crippen LogP contribution in [0.4, 0.5) is 5.69 Å². The predicted molar refractivity (Wildman–Crippen MR) is 84.3 cm³/mol. The average molecular weight is 309 g/mol. The number of benzene rings is 1. The van der Waals surface area contributed by atoms with Crippen LogP contribution in [0.25, 0.3) is 0 Å². The highest BCUT2D eigenvalue weighted by Crippen LogP contribution is 2.24. The summed E-state index contributed by atoms with van der Waals surface area (Å²) in [7, 11) is 0. The fourth-order valence-corrected chi connectivity index (χ4v) is 2.99. The number of carbonyl (C=O) groups excluding carboxylic acids is 2. The Morgan fingerprint density at radius 1 is 1.43 bits per heavy atom. The van der Waals surface area contributed by atoms with Gasteiger partial charge >= 0.3 is 0 Å². The number of halogens is 1. The molecule has 1 N–H and O–H groups in total. The van der Waals surface area contributed by atoms with Gasteiger partial charge in [-0.1, -0.05) is 31.5 Å². The topological polar surface area (TPSA) is 49.4 Å². The molecule has 21 heavy (non-hydrogen) atoms. The molecule has 0 bridgehead atoms. The third-order valence-electron chi connectivity index (χ3n) is 4.00. The van der Waals surface area contributed by atoms with Gasteiger partial charge in [-0.3, -0.25) is 9.59 Å². The first-order chi connectivity index (χ1) is 10.0. The van der Waals surface area contributed by atoms with Crippen LogP contribution in [0.15, 0.2) is 24.3 Å². The molecule has 5 heteroatoms. The molecule has 1 aromatic rings. The largest absolute Gasteiger partial charge is 0.339 e. The summed E-state index contributed by atoms with van der Waals surface area (Å²) in [6.07, 6.45) is 2.14. The zero-order chi connectivity index (χ0) is 15.4. The van der Waals surface area contributed by atoms with E-state index in [1.807, 2.05) is 4.90 Å². The standard InChI is InChI=1S/C16H21ClN2O2/c1-3-14(4-2)19-10-11(8-15(19)20)16(21)18-13-7-5-6-12(17)9-13/h5-7,9,11,14H,3-4,8,10H2,1-2H3,(H,18,21). The van der Waals surface area contributed by atoms with Crippen molar-refractivity contribution >= 4 is 29.1 Å². The minimum atomic E-state index is -0.280. The molecular formula is C16H21ClN2O2. The molecule has 0 spiro atoms. The predicted octanol–water partition coefficient (Wildman–Crippen LogP) is 3.32. The first kappa shape index (κ1) is 15.8. The van der Waals surface area contributed by atoms with Gasteiger partial charge in [0, 0.05) is 29.7 Å². The molecule has 1 unspecified atom stereocenters. The van der Waals surface area contributed by atoms with Crippen LogP contribution in [0, 0.1) is 5.92 Å². The lowest BCUT2D eigenvalue weighted by atomic mass is 10.1. The minimum absolute atomic E-state index is 0.0787. The molecule has 1 fully saturated rings. The first-order valence-electron chi connectivity index (χ1n) is 7.41. The molecule has 1 aliphatic heterocycles. The van der Waals surface area contributed by atoms with Gasteiger partial charge in [0.1, 0.15) is 0 Å². The van der Waals surface area contributed by atoms with Crippen molar-refractivity contribution in [2.24, 2.45) is 5.92 Å². The summed E-state index contributed by atoms with van der Waals surface area (Å²) in [6, 6.07) is 7.27. The molecule has 1 aliphatic rings. The van der Waals surface area contributed by atoms with Crippen molar-refractivity contribution in [1.29, 1.82) is 0 Å². The van der Waals surface area contributed by atoms with Gasteiger partial charge in [-0.25, -0.2) is 0 Å². The average Bonchev–Trinajstić information content (AvgIpc) is 2.83. The van der Waals surface area contributed by atoms with E-state index in [2.05, 4.69) is 19.2 Å². The van der Waals surface area contributed by atoms with Crippen molar-refractivity contribution in [1.82, 2.24) is 4.90 Å². The van der Waals surface area contributed by atoms with E-state index in [4.69, 9.17) is 11.6 Å². The molecule has 1 atom stereocenters. The number of amides is 2. The van der Waals surface area contributed by atoms with Crippen LogP contribution in [0.5, 0.6) is 0 Å². The maximum Gasteiger partial charge on any atom is 0.229 e. The second-order valence-corrected chi connectivity index (χ2v) is 5.85. The van der Waals surface area contributed by atoms with E-state index >= 15 is 0 Å². The highest BCUT2D eigenvalue weighted by atomic mass is 35.5. The van der Waals surface area contributed by atoms with Crippen molar-refractivity contribution < 1.29 is 9.59 Å². The fourth-order valence-electron chi connectivity index (χ4n) is 2.80. The van der Waals surface area contributed by atoms with Gasteiger partial charge in [0.2, 0.25) is 11.8 Å². The third-order valence-corrected chi connectivity index (χ3v) is 4.24. The van der Waals surface area contributed by atoms with Gasteiger partial charge in [0.25, 0.3) is 0 Å². The molecule has 4 nitrogen and oxygen atoms in total. The second-order valence-electron chi connectivity index (χ2n) is 5.42. The number of nitrogens with one attached hydrogen (secondary N) is 1. The summed E-state index contributed by atoms with van der Waals surface area (Å²) in [5.74, 6) is -0.314. The number of nitrogens with zero attached hydrogens (tertiary/aromatic N) is 1. The third kappa shape index (κ3) is 3.76. The molecule has 2 amide bonds. The van der Waals surface area contributed by atoms with Crippen LogP contribution >= 0.6 is 11.6 Å². The molecule has 2 rings (SSSR count). The molecule has 0 radical (unpaired) electrons. The van der Waals surface area contributed by atoms with E-state index in [-0.39, 0.29) is 23.8 Å².